The summed E-state index contributed by atoms with van der Waals surface area (Å²) in [6, 6.07) is 8.65. The van der Waals surface area contributed by atoms with E-state index in [1.54, 1.807) is 18.2 Å². The molecule has 0 bridgehead atoms. The molecule has 0 saturated heterocycles. The normalized spacial score (nSPS) is 10.4. The van der Waals surface area contributed by atoms with Crippen LogP contribution < -0.4 is 4.74 Å². The molecule has 0 spiro atoms. The summed E-state index contributed by atoms with van der Waals surface area (Å²) in [5.74, 6) is -0.565. The molecule has 0 aromatic heterocycles. The maximum atomic E-state index is 13.2. The Morgan fingerprint density at radius 3 is 2.67 bits per heavy atom. The summed E-state index contributed by atoms with van der Waals surface area (Å²) in [5.41, 5.74) is 0.511. The fourth-order valence-corrected chi connectivity index (χ4v) is 2.06. The van der Waals surface area contributed by atoms with Gasteiger partial charge in [0.05, 0.1) is 5.02 Å². The Hall–Kier alpha value is -1.13. The average molecular weight is 334 g/mol. The zero-order chi connectivity index (χ0) is 13.1. The van der Waals surface area contributed by atoms with Crippen LogP contribution in [0.5, 0.6) is 5.75 Å². The first-order valence-electron chi connectivity index (χ1n) is 5.08. The molecule has 2 rings (SSSR count). The highest BCUT2D eigenvalue weighted by Crippen LogP contribution is 2.24. The SMILES string of the molecule is Fc1cc(Br)cc(OCc2cccc(F)c2Cl)c1. The summed E-state index contributed by atoms with van der Waals surface area (Å²) in [6.45, 7) is 0.0759. The molecule has 0 amide bonds. The minimum absolute atomic E-state index is 0.0213. The van der Waals surface area contributed by atoms with Gasteiger partial charge in [-0.15, -0.1) is 0 Å². The number of hydrogen-bond donors (Lipinski definition) is 0. The molecule has 0 heterocycles. The zero-order valence-corrected chi connectivity index (χ0v) is 11.4. The Morgan fingerprint density at radius 1 is 1.17 bits per heavy atom. The first-order chi connectivity index (χ1) is 8.56. The van der Waals surface area contributed by atoms with E-state index in [9.17, 15) is 8.78 Å². The van der Waals surface area contributed by atoms with Crippen molar-refractivity contribution in [1.82, 2.24) is 0 Å². The standard InChI is InChI=1S/C13H8BrClF2O/c14-9-4-10(16)6-11(5-9)18-7-8-2-1-3-12(17)13(8)15/h1-6H,7H2. The third-order valence-corrected chi connectivity index (χ3v) is 3.14. The van der Waals surface area contributed by atoms with Crippen LogP contribution in [0, 0.1) is 11.6 Å². The van der Waals surface area contributed by atoms with Crippen molar-refractivity contribution in [1.29, 1.82) is 0 Å². The van der Waals surface area contributed by atoms with Crippen molar-refractivity contribution < 1.29 is 13.5 Å². The van der Waals surface area contributed by atoms with Gasteiger partial charge in [0.2, 0.25) is 0 Å². The van der Waals surface area contributed by atoms with E-state index in [4.69, 9.17) is 16.3 Å². The fourth-order valence-electron chi connectivity index (χ4n) is 1.43. The molecule has 0 unspecified atom stereocenters. The fraction of sp³-hybridized carbons (Fsp3) is 0.0769. The van der Waals surface area contributed by atoms with Crippen molar-refractivity contribution in [2.45, 2.75) is 6.61 Å². The van der Waals surface area contributed by atoms with Crippen molar-refractivity contribution in [3.8, 4) is 5.75 Å². The molecule has 18 heavy (non-hydrogen) atoms. The summed E-state index contributed by atoms with van der Waals surface area (Å²) >= 11 is 8.94. The molecule has 0 fully saturated rings. The topological polar surface area (TPSA) is 9.23 Å². The molecule has 0 N–H and O–H groups in total. The monoisotopic (exact) mass is 332 g/mol. The van der Waals surface area contributed by atoms with E-state index in [-0.39, 0.29) is 11.6 Å². The van der Waals surface area contributed by atoms with E-state index < -0.39 is 11.6 Å². The molecule has 1 nitrogen and oxygen atoms in total. The first-order valence-corrected chi connectivity index (χ1v) is 6.25. The predicted molar refractivity (Wildman–Crippen MR) is 69.8 cm³/mol. The lowest BCUT2D eigenvalue weighted by molar-refractivity contribution is 0.304. The zero-order valence-electron chi connectivity index (χ0n) is 9.09. The Labute approximate surface area is 116 Å². The van der Waals surface area contributed by atoms with Gasteiger partial charge in [0.15, 0.2) is 0 Å². The highest BCUT2D eigenvalue weighted by molar-refractivity contribution is 9.10. The molecule has 2 aromatic carbocycles. The van der Waals surface area contributed by atoms with Crippen LogP contribution in [0.4, 0.5) is 8.78 Å². The van der Waals surface area contributed by atoms with E-state index in [0.29, 0.717) is 15.8 Å². The van der Waals surface area contributed by atoms with Gasteiger partial charge in [0.1, 0.15) is 24.0 Å². The van der Waals surface area contributed by atoms with Gasteiger partial charge in [-0.3, -0.25) is 0 Å². The maximum Gasteiger partial charge on any atom is 0.142 e. The van der Waals surface area contributed by atoms with Gasteiger partial charge in [-0.1, -0.05) is 39.7 Å². The smallest absolute Gasteiger partial charge is 0.142 e. The van der Waals surface area contributed by atoms with Crippen molar-refractivity contribution in [2.75, 3.05) is 0 Å². The van der Waals surface area contributed by atoms with Crippen LogP contribution >= 0.6 is 27.5 Å². The van der Waals surface area contributed by atoms with Crippen LogP contribution in [-0.4, -0.2) is 0 Å². The summed E-state index contributed by atoms with van der Waals surface area (Å²) in [6.07, 6.45) is 0. The van der Waals surface area contributed by atoms with E-state index in [0.717, 1.165) is 0 Å². The van der Waals surface area contributed by atoms with Gasteiger partial charge < -0.3 is 4.74 Å². The minimum Gasteiger partial charge on any atom is -0.489 e. The van der Waals surface area contributed by atoms with Crippen LogP contribution in [0.3, 0.4) is 0 Å². The van der Waals surface area contributed by atoms with Crippen molar-refractivity contribution >= 4 is 27.5 Å². The van der Waals surface area contributed by atoms with E-state index in [2.05, 4.69) is 15.9 Å². The Bertz CT molecular complexity index is 555. The van der Waals surface area contributed by atoms with Crippen LogP contribution in [-0.2, 0) is 6.61 Å². The van der Waals surface area contributed by atoms with Crippen molar-refractivity contribution in [3.05, 3.63) is 63.1 Å². The highest BCUT2D eigenvalue weighted by Gasteiger charge is 2.07. The molecule has 0 atom stereocenters. The summed E-state index contributed by atoms with van der Waals surface area (Å²) in [7, 11) is 0. The number of ether oxygens (including phenoxy) is 1. The molecule has 0 radical (unpaired) electrons. The Balaban J connectivity index is 2.14. The van der Waals surface area contributed by atoms with Crippen molar-refractivity contribution in [3.63, 3.8) is 0 Å². The van der Waals surface area contributed by atoms with E-state index in [1.807, 2.05) is 0 Å². The minimum atomic E-state index is -0.502. The van der Waals surface area contributed by atoms with Gasteiger partial charge in [-0.25, -0.2) is 8.78 Å². The third kappa shape index (κ3) is 3.21. The average Bonchev–Trinajstić information content (AvgIpc) is 2.30. The first kappa shape index (κ1) is 13.3. The lowest BCUT2D eigenvalue weighted by atomic mass is 10.2. The summed E-state index contributed by atoms with van der Waals surface area (Å²) in [4.78, 5) is 0. The van der Waals surface area contributed by atoms with Gasteiger partial charge >= 0.3 is 0 Å². The number of benzene rings is 2. The van der Waals surface area contributed by atoms with Gasteiger partial charge in [-0.2, -0.15) is 0 Å². The third-order valence-electron chi connectivity index (χ3n) is 2.26. The van der Waals surface area contributed by atoms with Gasteiger partial charge in [0, 0.05) is 16.1 Å². The van der Waals surface area contributed by atoms with Crippen LogP contribution in [0.15, 0.2) is 40.9 Å². The van der Waals surface area contributed by atoms with Crippen LogP contribution in [0.1, 0.15) is 5.56 Å². The molecular formula is C13H8BrClF2O. The van der Waals surface area contributed by atoms with Crippen molar-refractivity contribution in [2.24, 2.45) is 0 Å². The van der Waals surface area contributed by atoms with Crippen LogP contribution in [0.2, 0.25) is 5.02 Å². The Kier molecular flexibility index (Phi) is 4.19. The second-order valence-corrected chi connectivity index (χ2v) is 4.90. The van der Waals surface area contributed by atoms with Gasteiger partial charge in [-0.05, 0) is 18.2 Å². The second-order valence-electron chi connectivity index (χ2n) is 3.61. The number of halogens is 4. The molecular weight excluding hydrogens is 325 g/mol. The summed E-state index contributed by atoms with van der Waals surface area (Å²) < 4.78 is 32.2. The summed E-state index contributed by atoms with van der Waals surface area (Å²) in [5, 5.41) is 0.0213. The number of rotatable bonds is 3. The predicted octanol–water partition coefficient (Wildman–Crippen LogP) is 4.96. The van der Waals surface area contributed by atoms with E-state index in [1.165, 1.54) is 18.2 Å². The second kappa shape index (κ2) is 5.67. The molecule has 2 aromatic rings. The molecule has 5 heteroatoms. The largest absolute Gasteiger partial charge is 0.489 e. The molecule has 94 valence electrons. The maximum absolute atomic E-state index is 13.2. The van der Waals surface area contributed by atoms with Gasteiger partial charge in [0.25, 0.3) is 0 Å². The highest BCUT2D eigenvalue weighted by atomic mass is 79.9. The Morgan fingerprint density at radius 2 is 1.94 bits per heavy atom. The number of hydrogen-bond acceptors (Lipinski definition) is 1. The van der Waals surface area contributed by atoms with Crippen LogP contribution in [0.25, 0.3) is 0 Å². The van der Waals surface area contributed by atoms with E-state index >= 15 is 0 Å². The molecule has 0 saturated carbocycles. The lowest BCUT2D eigenvalue weighted by Crippen LogP contribution is -1.98. The molecule has 0 aliphatic carbocycles. The molecule has 0 aliphatic rings. The quantitative estimate of drug-likeness (QED) is 0.771. The lowest BCUT2D eigenvalue weighted by Gasteiger charge is -2.08. The molecule has 0 aliphatic heterocycles.